The van der Waals surface area contributed by atoms with Crippen LogP contribution in [0.5, 0.6) is 0 Å². The number of likely N-dealkylation sites (tertiary alicyclic amines) is 1. The Balaban J connectivity index is 2.25. The molecule has 1 aromatic rings. The maximum Gasteiger partial charge on any atom is 0.254 e. The van der Waals surface area contributed by atoms with E-state index in [2.05, 4.69) is 5.32 Å². The SMILES string of the molecule is CNC(=O)C1CCCCN1C(=O)c1ccc(N)c(Cl)c1. The van der Waals surface area contributed by atoms with Gasteiger partial charge in [-0.2, -0.15) is 0 Å². The number of piperidine rings is 1. The first kappa shape index (κ1) is 14.7. The molecular formula is C14H18ClN3O2. The van der Waals surface area contributed by atoms with Crippen molar-refractivity contribution in [1.29, 1.82) is 0 Å². The van der Waals surface area contributed by atoms with Crippen LogP contribution in [0.3, 0.4) is 0 Å². The number of amides is 2. The topological polar surface area (TPSA) is 75.4 Å². The Kier molecular flexibility index (Phi) is 4.49. The van der Waals surface area contributed by atoms with E-state index < -0.39 is 6.04 Å². The maximum atomic E-state index is 12.5. The second-order valence-electron chi connectivity index (χ2n) is 4.86. The fourth-order valence-electron chi connectivity index (χ4n) is 2.44. The molecule has 6 heteroatoms. The Morgan fingerprint density at radius 2 is 2.15 bits per heavy atom. The minimum absolute atomic E-state index is 0.125. The van der Waals surface area contributed by atoms with Crippen LogP contribution in [0.15, 0.2) is 18.2 Å². The average Bonchev–Trinajstić information content (AvgIpc) is 2.48. The molecule has 1 fully saturated rings. The summed E-state index contributed by atoms with van der Waals surface area (Å²) in [5.41, 5.74) is 6.54. The fraction of sp³-hybridized carbons (Fsp3) is 0.429. The van der Waals surface area contributed by atoms with E-state index in [1.165, 1.54) is 0 Å². The molecule has 0 radical (unpaired) electrons. The van der Waals surface area contributed by atoms with Gasteiger partial charge in [0.05, 0.1) is 10.7 Å². The van der Waals surface area contributed by atoms with Crippen LogP contribution in [-0.4, -0.2) is 36.3 Å². The van der Waals surface area contributed by atoms with Crippen LogP contribution in [0, 0.1) is 0 Å². The largest absolute Gasteiger partial charge is 0.398 e. The van der Waals surface area contributed by atoms with Crippen molar-refractivity contribution in [3.63, 3.8) is 0 Å². The van der Waals surface area contributed by atoms with Gasteiger partial charge in [-0.15, -0.1) is 0 Å². The van der Waals surface area contributed by atoms with Crippen molar-refractivity contribution in [1.82, 2.24) is 10.2 Å². The van der Waals surface area contributed by atoms with Gasteiger partial charge >= 0.3 is 0 Å². The Bertz CT molecular complexity index is 533. The van der Waals surface area contributed by atoms with Crippen molar-refractivity contribution in [2.45, 2.75) is 25.3 Å². The standard InChI is InChI=1S/C14H18ClN3O2/c1-17-13(19)12-4-2-3-7-18(12)14(20)9-5-6-11(16)10(15)8-9/h5-6,8,12H,2-4,7,16H2,1H3,(H,17,19). The maximum absolute atomic E-state index is 12.5. The number of nitrogen functional groups attached to an aromatic ring is 1. The predicted octanol–water partition coefficient (Wildman–Crippen LogP) is 1.66. The number of anilines is 1. The fourth-order valence-corrected chi connectivity index (χ4v) is 2.62. The summed E-state index contributed by atoms with van der Waals surface area (Å²) in [5.74, 6) is -0.306. The molecule has 1 aromatic carbocycles. The molecule has 5 nitrogen and oxygen atoms in total. The zero-order valence-electron chi connectivity index (χ0n) is 11.4. The number of nitrogens with two attached hydrogens (primary N) is 1. The molecule has 2 rings (SSSR count). The van der Waals surface area contributed by atoms with Gasteiger partial charge in [0, 0.05) is 19.2 Å². The van der Waals surface area contributed by atoms with Crippen LogP contribution in [0.25, 0.3) is 0 Å². The van der Waals surface area contributed by atoms with Crippen molar-refractivity contribution >= 4 is 29.1 Å². The summed E-state index contributed by atoms with van der Waals surface area (Å²) in [6.07, 6.45) is 2.54. The Morgan fingerprint density at radius 3 is 2.80 bits per heavy atom. The summed E-state index contributed by atoms with van der Waals surface area (Å²) in [7, 11) is 1.58. The first-order chi connectivity index (χ1) is 9.54. The van der Waals surface area contributed by atoms with Crippen molar-refractivity contribution in [3.05, 3.63) is 28.8 Å². The summed E-state index contributed by atoms with van der Waals surface area (Å²) in [6.45, 7) is 0.582. The lowest BCUT2D eigenvalue weighted by molar-refractivity contribution is -0.126. The van der Waals surface area contributed by atoms with E-state index in [0.29, 0.717) is 29.2 Å². The summed E-state index contributed by atoms with van der Waals surface area (Å²) in [4.78, 5) is 26.0. The van der Waals surface area contributed by atoms with Gasteiger partial charge in [0.25, 0.3) is 5.91 Å². The molecule has 0 aliphatic carbocycles. The average molecular weight is 296 g/mol. The minimum atomic E-state index is -0.405. The first-order valence-electron chi connectivity index (χ1n) is 6.62. The Labute approximate surface area is 123 Å². The van der Waals surface area contributed by atoms with E-state index in [1.54, 1.807) is 30.1 Å². The number of carbonyl (C=O) groups excluding carboxylic acids is 2. The molecule has 1 saturated heterocycles. The zero-order chi connectivity index (χ0) is 14.7. The molecule has 0 saturated carbocycles. The van der Waals surface area contributed by atoms with E-state index >= 15 is 0 Å². The number of carbonyl (C=O) groups is 2. The van der Waals surface area contributed by atoms with Gasteiger partial charge in [0.2, 0.25) is 5.91 Å². The summed E-state index contributed by atoms with van der Waals surface area (Å²) >= 11 is 5.95. The van der Waals surface area contributed by atoms with Crippen molar-refractivity contribution in [2.75, 3.05) is 19.3 Å². The third-order valence-electron chi connectivity index (χ3n) is 3.56. The molecule has 1 aliphatic heterocycles. The number of hydrogen-bond donors (Lipinski definition) is 2. The van der Waals surface area contributed by atoms with E-state index in [0.717, 1.165) is 12.8 Å². The van der Waals surface area contributed by atoms with Gasteiger partial charge in [-0.05, 0) is 37.5 Å². The van der Waals surface area contributed by atoms with E-state index in [1.807, 2.05) is 0 Å². The lowest BCUT2D eigenvalue weighted by Crippen LogP contribution is -2.51. The lowest BCUT2D eigenvalue weighted by atomic mass is 10.00. The van der Waals surface area contributed by atoms with Crippen LogP contribution in [-0.2, 0) is 4.79 Å². The smallest absolute Gasteiger partial charge is 0.254 e. The number of nitrogens with one attached hydrogen (secondary N) is 1. The highest BCUT2D eigenvalue weighted by Gasteiger charge is 2.32. The lowest BCUT2D eigenvalue weighted by Gasteiger charge is -2.34. The quantitative estimate of drug-likeness (QED) is 0.815. The second kappa shape index (κ2) is 6.13. The zero-order valence-corrected chi connectivity index (χ0v) is 12.1. The number of benzene rings is 1. The summed E-state index contributed by atoms with van der Waals surface area (Å²) in [6, 6.07) is 4.39. The van der Waals surface area contributed by atoms with Crippen LogP contribution >= 0.6 is 11.6 Å². The minimum Gasteiger partial charge on any atom is -0.398 e. The molecule has 1 unspecified atom stereocenters. The van der Waals surface area contributed by atoms with Gasteiger partial charge in [-0.3, -0.25) is 9.59 Å². The van der Waals surface area contributed by atoms with Crippen molar-refractivity contribution < 1.29 is 9.59 Å². The highest BCUT2D eigenvalue weighted by molar-refractivity contribution is 6.33. The van der Waals surface area contributed by atoms with E-state index in [9.17, 15) is 9.59 Å². The van der Waals surface area contributed by atoms with Crippen molar-refractivity contribution in [2.24, 2.45) is 0 Å². The molecule has 20 heavy (non-hydrogen) atoms. The molecule has 108 valence electrons. The van der Waals surface area contributed by atoms with Crippen LogP contribution in [0.2, 0.25) is 5.02 Å². The van der Waals surface area contributed by atoms with E-state index in [4.69, 9.17) is 17.3 Å². The molecule has 0 bridgehead atoms. The molecule has 1 heterocycles. The van der Waals surface area contributed by atoms with Gasteiger partial charge in [0.1, 0.15) is 6.04 Å². The monoisotopic (exact) mass is 295 g/mol. The Morgan fingerprint density at radius 1 is 1.40 bits per heavy atom. The van der Waals surface area contributed by atoms with Gasteiger partial charge in [0.15, 0.2) is 0 Å². The number of halogens is 1. The molecular weight excluding hydrogens is 278 g/mol. The number of hydrogen-bond acceptors (Lipinski definition) is 3. The molecule has 0 spiro atoms. The van der Waals surface area contributed by atoms with Crippen LogP contribution in [0.4, 0.5) is 5.69 Å². The number of likely N-dealkylation sites (N-methyl/N-ethyl adjacent to an activating group) is 1. The van der Waals surface area contributed by atoms with E-state index in [-0.39, 0.29) is 11.8 Å². The van der Waals surface area contributed by atoms with Gasteiger partial charge in [-0.1, -0.05) is 11.6 Å². The normalized spacial score (nSPS) is 18.7. The third kappa shape index (κ3) is 2.88. The number of rotatable bonds is 2. The highest BCUT2D eigenvalue weighted by Crippen LogP contribution is 2.24. The summed E-state index contributed by atoms with van der Waals surface area (Å²) in [5, 5.41) is 2.96. The van der Waals surface area contributed by atoms with Gasteiger partial charge < -0.3 is 16.0 Å². The number of nitrogens with zero attached hydrogens (tertiary/aromatic N) is 1. The molecule has 1 aliphatic rings. The van der Waals surface area contributed by atoms with Crippen LogP contribution in [0.1, 0.15) is 29.6 Å². The van der Waals surface area contributed by atoms with Crippen LogP contribution < -0.4 is 11.1 Å². The van der Waals surface area contributed by atoms with Gasteiger partial charge in [-0.25, -0.2) is 0 Å². The Hall–Kier alpha value is -1.75. The third-order valence-corrected chi connectivity index (χ3v) is 3.89. The van der Waals surface area contributed by atoms with Crippen molar-refractivity contribution in [3.8, 4) is 0 Å². The molecule has 2 amide bonds. The molecule has 3 N–H and O–H groups in total. The predicted molar refractivity (Wildman–Crippen MR) is 78.6 cm³/mol. The molecule has 0 aromatic heterocycles. The first-order valence-corrected chi connectivity index (χ1v) is 7.00. The molecule has 1 atom stereocenters. The second-order valence-corrected chi connectivity index (χ2v) is 5.27. The summed E-state index contributed by atoms with van der Waals surface area (Å²) < 4.78 is 0. The highest BCUT2D eigenvalue weighted by atomic mass is 35.5.